The maximum Gasteiger partial charge on any atom is 0.404 e. The van der Waals surface area contributed by atoms with Gasteiger partial charge in [0.25, 0.3) is 0 Å². The summed E-state index contributed by atoms with van der Waals surface area (Å²) in [6, 6.07) is 0. The first kappa shape index (κ1) is 12.4. The van der Waals surface area contributed by atoms with E-state index in [4.69, 9.17) is 5.73 Å². The van der Waals surface area contributed by atoms with Gasteiger partial charge in [-0.1, -0.05) is 0 Å². The zero-order valence-corrected chi connectivity index (χ0v) is 9.89. The number of hydrogen-bond donors (Lipinski definition) is 2. The molecule has 0 aliphatic rings. The molecule has 1 rings (SSSR count). The van der Waals surface area contributed by atoms with Crippen molar-refractivity contribution >= 4 is 28.4 Å². The molecule has 0 aliphatic carbocycles. The number of hydrogen-bond acceptors (Lipinski definition) is 6. The molecule has 0 fully saturated rings. The van der Waals surface area contributed by atoms with Crippen LogP contribution in [0, 0.1) is 6.92 Å². The fourth-order valence-electron chi connectivity index (χ4n) is 1.22. The number of primary amides is 1. The number of carbonyl (C=O) groups excluding carboxylic acids is 2. The summed E-state index contributed by atoms with van der Waals surface area (Å²) in [5, 5.41) is 3.67. The molecule has 1 aromatic rings. The molecule has 0 saturated heterocycles. The van der Waals surface area contributed by atoms with Gasteiger partial charge in [-0.05, 0) is 25.4 Å². The van der Waals surface area contributed by atoms with Gasteiger partial charge in [0.05, 0.1) is 11.3 Å². The van der Waals surface area contributed by atoms with Crippen LogP contribution in [0.15, 0.2) is 0 Å². The molecule has 1 aromatic heterocycles. The minimum atomic E-state index is -0.811. The van der Waals surface area contributed by atoms with E-state index >= 15 is 0 Å². The van der Waals surface area contributed by atoms with Crippen LogP contribution < -0.4 is 11.1 Å². The Morgan fingerprint density at radius 1 is 1.56 bits per heavy atom. The second-order valence-corrected chi connectivity index (χ2v) is 3.90. The minimum absolute atomic E-state index is 0.0374. The summed E-state index contributed by atoms with van der Waals surface area (Å²) < 4.78 is 8.62. The topological polar surface area (TPSA) is 94.3 Å². The third kappa shape index (κ3) is 3.20. The standard InChI is InChI=1S/C9H13N3O3S/c1-5-7(6(2)13)8(16-12-5)11-3-4-15-9(10)14/h11H,3-4H2,1-2H3,(H2,10,14). The van der Waals surface area contributed by atoms with Gasteiger partial charge in [-0.3, -0.25) is 4.79 Å². The van der Waals surface area contributed by atoms with Crippen molar-refractivity contribution in [1.82, 2.24) is 4.37 Å². The molecule has 0 spiro atoms. The van der Waals surface area contributed by atoms with Crippen molar-refractivity contribution in [1.29, 1.82) is 0 Å². The van der Waals surface area contributed by atoms with Crippen LogP contribution in [0.1, 0.15) is 23.0 Å². The summed E-state index contributed by atoms with van der Waals surface area (Å²) in [6.45, 7) is 3.81. The molecular formula is C9H13N3O3S. The van der Waals surface area contributed by atoms with E-state index in [1.54, 1.807) is 6.92 Å². The molecule has 0 saturated carbocycles. The number of Topliss-reactive ketones (excluding diaryl/α,β-unsaturated/α-hetero) is 1. The third-order valence-electron chi connectivity index (χ3n) is 1.85. The Balaban J connectivity index is 2.54. The van der Waals surface area contributed by atoms with Crippen LogP contribution in [0.4, 0.5) is 9.80 Å². The molecule has 6 nitrogen and oxygen atoms in total. The first-order valence-electron chi connectivity index (χ1n) is 4.65. The predicted octanol–water partition coefficient (Wildman–Crippen LogP) is 1.16. The number of ether oxygens (including phenoxy) is 1. The van der Waals surface area contributed by atoms with Crippen LogP contribution in [0.3, 0.4) is 0 Å². The zero-order valence-electron chi connectivity index (χ0n) is 9.07. The molecule has 0 unspecified atom stereocenters. The molecule has 0 atom stereocenters. The average molecular weight is 243 g/mol. The van der Waals surface area contributed by atoms with E-state index in [2.05, 4.69) is 14.4 Å². The SMILES string of the molecule is CC(=O)c1c(C)nsc1NCCOC(N)=O. The monoisotopic (exact) mass is 243 g/mol. The Kier molecular flexibility index (Phi) is 4.24. The normalized spacial score (nSPS) is 9.88. The predicted molar refractivity (Wildman–Crippen MR) is 60.9 cm³/mol. The van der Waals surface area contributed by atoms with Crippen LogP contribution in [-0.2, 0) is 4.74 Å². The summed E-state index contributed by atoms with van der Waals surface area (Å²) in [4.78, 5) is 21.6. The van der Waals surface area contributed by atoms with Crippen molar-refractivity contribution in [2.24, 2.45) is 5.73 Å². The zero-order chi connectivity index (χ0) is 12.1. The van der Waals surface area contributed by atoms with E-state index in [1.165, 1.54) is 18.5 Å². The van der Waals surface area contributed by atoms with E-state index in [1.807, 2.05) is 0 Å². The van der Waals surface area contributed by atoms with Gasteiger partial charge in [-0.25, -0.2) is 4.79 Å². The number of ketones is 1. The number of carbonyl (C=O) groups is 2. The van der Waals surface area contributed by atoms with Crippen LogP contribution in [0.25, 0.3) is 0 Å². The highest BCUT2D eigenvalue weighted by molar-refractivity contribution is 7.10. The minimum Gasteiger partial charge on any atom is -0.448 e. The number of amides is 1. The summed E-state index contributed by atoms with van der Waals surface area (Å²) >= 11 is 1.21. The Morgan fingerprint density at radius 2 is 2.25 bits per heavy atom. The number of rotatable bonds is 5. The first-order valence-corrected chi connectivity index (χ1v) is 5.43. The lowest BCUT2D eigenvalue weighted by Gasteiger charge is -2.05. The molecular weight excluding hydrogens is 230 g/mol. The third-order valence-corrected chi connectivity index (χ3v) is 2.74. The van der Waals surface area contributed by atoms with Gasteiger partial charge < -0.3 is 15.8 Å². The lowest BCUT2D eigenvalue weighted by Crippen LogP contribution is -2.18. The van der Waals surface area contributed by atoms with Crippen molar-refractivity contribution in [2.45, 2.75) is 13.8 Å². The highest BCUT2D eigenvalue weighted by atomic mass is 32.1. The lowest BCUT2D eigenvalue weighted by molar-refractivity contribution is 0.101. The molecule has 3 N–H and O–H groups in total. The fourth-order valence-corrected chi connectivity index (χ4v) is 2.09. The number of anilines is 1. The van der Waals surface area contributed by atoms with Crippen molar-refractivity contribution in [3.05, 3.63) is 11.3 Å². The first-order chi connectivity index (χ1) is 7.52. The van der Waals surface area contributed by atoms with Gasteiger partial charge in [-0.2, -0.15) is 4.37 Å². The Bertz CT molecular complexity index is 403. The Morgan fingerprint density at radius 3 is 2.81 bits per heavy atom. The molecule has 0 bridgehead atoms. The number of nitrogens with one attached hydrogen (secondary N) is 1. The molecule has 16 heavy (non-hydrogen) atoms. The number of nitrogens with zero attached hydrogens (tertiary/aromatic N) is 1. The van der Waals surface area contributed by atoms with Gasteiger partial charge in [-0.15, -0.1) is 0 Å². The summed E-state index contributed by atoms with van der Waals surface area (Å²) in [6.07, 6.45) is -0.811. The summed E-state index contributed by atoms with van der Waals surface area (Å²) in [5.41, 5.74) is 6.09. The molecule has 0 aliphatic heterocycles. The van der Waals surface area contributed by atoms with Crippen molar-refractivity contribution in [3.8, 4) is 0 Å². The second-order valence-electron chi connectivity index (χ2n) is 3.12. The maximum absolute atomic E-state index is 11.3. The Labute approximate surface area is 96.9 Å². The summed E-state index contributed by atoms with van der Waals surface area (Å²) in [5.74, 6) is -0.0374. The highest BCUT2D eigenvalue weighted by Gasteiger charge is 2.14. The number of aromatic nitrogens is 1. The van der Waals surface area contributed by atoms with Gasteiger partial charge in [0.2, 0.25) is 0 Å². The molecule has 1 amide bonds. The number of aryl methyl sites for hydroxylation is 1. The molecule has 7 heteroatoms. The number of nitrogens with two attached hydrogens (primary N) is 1. The summed E-state index contributed by atoms with van der Waals surface area (Å²) in [7, 11) is 0. The molecule has 0 aromatic carbocycles. The fraction of sp³-hybridized carbons (Fsp3) is 0.444. The van der Waals surface area contributed by atoms with Crippen LogP contribution in [0.5, 0.6) is 0 Å². The largest absolute Gasteiger partial charge is 0.448 e. The van der Waals surface area contributed by atoms with Gasteiger partial charge in [0, 0.05) is 6.54 Å². The molecule has 88 valence electrons. The van der Waals surface area contributed by atoms with Crippen molar-refractivity contribution in [2.75, 3.05) is 18.5 Å². The molecule has 0 radical (unpaired) electrons. The van der Waals surface area contributed by atoms with E-state index in [9.17, 15) is 9.59 Å². The van der Waals surface area contributed by atoms with Crippen LogP contribution >= 0.6 is 11.5 Å². The lowest BCUT2D eigenvalue weighted by atomic mass is 10.2. The Hall–Kier alpha value is -1.63. The quantitative estimate of drug-likeness (QED) is 0.597. The van der Waals surface area contributed by atoms with Crippen LogP contribution in [-0.4, -0.2) is 29.4 Å². The average Bonchev–Trinajstić information content (AvgIpc) is 2.54. The van der Waals surface area contributed by atoms with Crippen molar-refractivity contribution < 1.29 is 14.3 Å². The van der Waals surface area contributed by atoms with Gasteiger partial charge in [0.1, 0.15) is 11.6 Å². The molecule has 1 heterocycles. The van der Waals surface area contributed by atoms with E-state index in [-0.39, 0.29) is 12.4 Å². The van der Waals surface area contributed by atoms with Gasteiger partial charge in [0.15, 0.2) is 5.78 Å². The highest BCUT2D eigenvalue weighted by Crippen LogP contribution is 2.24. The maximum atomic E-state index is 11.3. The smallest absolute Gasteiger partial charge is 0.404 e. The second kappa shape index (κ2) is 5.45. The van der Waals surface area contributed by atoms with Crippen LogP contribution in [0.2, 0.25) is 0 Å². The van der Waals surface area contributed by atoms with E-state index < -0.39 is 6.09 Å². The van der Waals surface area contributed by atoms with Crippen molar-refractivity contribution in [3.63, 3.8) is 0 Å². The van der Waals surface area contributed by atoms with E-state index in [0.717, 1.165) is 0 Å². The van der Waals surface area contributed by atoms with E-state index in [0.29, 0.717) is 22.8 Å². The van der Waals surface area contributed by atoms with Gasteiger partial charge >= 0.3 is 6.09 Å².